The maximum Gasteiger partial charge on any atom is 0.250 e. The zero-order valence-corrected chi connectivity index (χ0v) is 9.28. The Bertz CT molecular complexity index is 385. The molecule has 0 bridgehead atoms. The van der Waals surface area contributed by atoms with Crippen LogP contribution in [0.25, 0.3) is 0 Å². The normalized spacial score (nSPS) is 21.5. The third kappa shape index (κ3) is 1.66. The van der Waals surface area contributed by atoms with Crippen LogP contribution in [0.1, 0.15) is 11.8 Å². The van der Waals surface area contributed by atoms with Gasteiger partial charge >= 0.3 is 0 Å². The predicted octanol–water partition coefficient (Wildman–Crippen LogP) is 1.78. The van der Waals surface area contributed by atoms with Gasteiger partial charge in [0.1, 0.15) is 11.9 Å². The fraction of sp³-hybridized carbons (Fsp3) is 0.250. The lowest BCUT2D eigenvalue weighted by molar-refractivity contribution is -0.119. The highest BCUT2D eigenvalue weighted by atomic mass is 79.9. The van der Waals surface area contributed by atoms with Gasteiger partial charge in [-0.05, 0) is 28.9 Å². The van der Waals surface area contributed by atoms with Gasteiger partial charge in [0, 0.05) is 9.85 Å². The van der Waals surface area contributed by atoms with Crippen molar-refractivity contribution in [2.24, 2.45) is 4.99 Å². The fourth-order valence-electron chi connectivity index (χ4n) is 1.07. The van der Waals surface area contributed by atoms with E-state index in [1.807, 2.05) is 11.4 Å². The van der Waals surface area contributed by atoms with Gasteiger partial charge in [-0.2, -0.15) is 0 Å². The van der Waals surface area contributed by atoms with Crippen molar-refractivity contribution in [1.29, 1.82) is 0 Å². The molecule has 1 unspecified atom stereocenters. The Hall–Kier alpha value is -0.680. The number of carbonyl (C=O) groups excluding carboxylic acids is 1. The van der Waals surface area contributed by atoms with E-state index in [-0.39, 0.29) is 11.9 Å². The quantitative estimate of drug-likeness (QED) is 0.820. The maximum absolute atomic E-state index is 11.1. The predicted molar refractivity (Wildman–Crippen MR) is 56.2 cm³/mol. The second-order valence-corrected chi connectivity index (χ2v) is 4.60. The van der Waals surface area contributed by atoms with Crippen molar-refractivity contribution < 1.29 is 4.79 Å². The highest BCUT2D eigenvalue weighted by Crippen LogP contribution is 2.21. The summed E-state index contributed by atoms with van der Waals surface area (Å²) in [6, 6.07) is 1.69. The molecule has 0 aliphatic carbocycles. The first-order valence-electron chi connectivity index (χ1n) is 3.80. The number of amides is 1. The maximum atomic E-state index is 11.1. The third-order valence-electron chi connectivity index (χ3n) is 1.74. The van der Waals surface area contributed by atoms with Crippen molar-refractivity contribution in [1.82, 2.24) is 5.32 Å². The van der Waals surface area contributed by atoms with E-state index in [1.54, 1.807) is 18.3 Å². The monoisotopic (exact) mass is 258 g/mol. The minimum atomic E-state index is -0.254. The summed E-state index contributed by atoms with van der Waals surface area (Å²) in [6.45, 7) is 1.78. The van der Waals surface area contributed by atoms with E-state index in [9.17, 15) is 4.79 Å². The lowest BCUT2D eigenvalue weighted by Crippen LogP contribution is -2.27. The molecule has 0 saturated heterocycles. The first-order valence-corrected chi connectivity index (χ1v) is 5.47. The van der Waals surface area contributed by atoms with Gasteiger partial charge in [0.2, 0.25) is 5.91 Å². The smallest absolute Gasteiger partial charge is 0.250 e. The van der Waals surface area contributed by atoms with Crippen molar-refractivity contribution in [3.63, 3.8) is 0 Å². The molecule has 0 radical (unpaired) electrons. The van der Waals surface area contributed by atoms with Gasteiger partial charge in [-0.3, -0.25) is 9.79 Å². The number of aliphatic imine (C=N–C) groups is 1. The molecule has 1 aliphatic rings. The van der Waals surface area contributed by atoms with Crippen LogP contribution >= 0.6 is 27.3 Å². The topological polar surface area (TPSA) is 41.5 Å². The van der Waals surface area contributed by atoms with Crippen LogP contribution < -0.4 is 5.32 Å². The zero-order chi connectivity index (χ0) is 9.42. The van der Waals surface area contributed by atoms with Crippen LogP contribution in [0.4, 0.5) is 0 Å². The van der Waals surface area contributed by atoms with Crippen LogP contribution in [-0.2, 0) is 4.79 Å². The summed E-state index contributed by atoms with van der Waals surface area (Å²) in [5.74, 6) is 0.660. The summed E-state index contributed by atoms with van der Waals surface area (Å²) in [4.78, 5) is 16.3. The molecular weight excluding hydrogens is 252 g/mol. The lowest BCUT2D eigenvalue weighted by Gasteiger charge is -1.94. The molecule has 1 aliphatic heterocycles. The van der Waals surface area contributed by atoms with Gasteiger partial charge in [0.15, 0.2) is 0 Å². The molecule has 1 amide bonds. The van der Waals surface area contributed by atoms with Gasteiger partial charge in [0.25, 0.3) is 0 Å². The average Bonchev–Trinajstić information content (AvgIpc) is 2.61. The van der Waals surface area contributed by atoms with E-state index in [1.165, 1.54) is 0 Å². The second-order valence-electron chi connectivity index (χ2n) is 2.77. The van der Waals surface area contributed by atoms with Crippen LogP contribution in [0.3, 0.4) is 0 Å². The number of hydrogen-bond donors (Lipinski definition) is 1. The van der Waals surface area contributed by atoms with Gasteiger partial charge in [0.05, 0.1) is 4.88 Å². The van der Waals surface area contributed by atoms with E-state index in [0.29, 0.717) is 5.84 Å². The zero-order valence-electron chi connectivity index (χ0n) is 6.87. The van der Waals surface area contributed by atoms with Gasteiger partial charge in [-0.25, -0.2) is 0 Å². The van der Waals surface area contributed by atoms with Crippen molar-refractivity contribution in [3.8, 4) is 0 Å². The molecule has 0 fully saturated rings. The fourth-order valence-corrected chi connectivity index (χ4v) is 2.45. The van der Waals surface area contributed by atoms with E-state index in [4.69, 9.17) is 0 Å². The highest BCUT2D eigenvalue weighted by molar-refractivity contribution is 9.10. The summed E-state index contributed by atoms with van der Waals surface area (Å²) in [5, 5.41) is 4.70. The molecule has 5 heteroatoms. The van der Waals surface area contributed by atoms with Crippen LogP contribution in [0.5, 0.6) is 0 Å². The standard InChI is InChI=1S/C8H7BrN2OS/c1-4-8(12)11-7(10-4)6-2-5(9)3-13-6/h2-4H,1H3,(H,10,11,12). The van der Waals surface area contributed by atoms with Crippen molar-refractivity contribution in [3.05, 3.63) is 20.8 Å². The Labute approximate surface area is 88.0 Å². The van der Waals surface area contributed by atoms with Crippen LogP contribution in [0.15, 0.2) is 20.9 Å². The third-order valence-corrected chi connectivity index (χ3v) is 3.44. The van der Waals surface area contributed by atoms with Crippen LogP contribution in [0, 0.1) is 0 Å². The summed E-state index contributed by atoms with van der Waals surface area (Å²) in [6.07, 6.45) is 0. The average molecular weight is 259 g/mol. The molecule has 0 spiro atoms. The van der Waals surface area contributed by atoms with Crippen molar-refractivity contribution >= 4 is 39.0 Å². The van der Waals surface area contributed by atoms with E-state index in [0.717, 1.165) is 9.35 Å². The number of nitrogens with one attached hydrogen (secondary N) is 1. The van der Waals surface area contributed by atoms with Gasteiger partial charge in [-0.15, -0.1) is 11.3 Å². The number of halogens is 1. The minimum Gasteiger partial charge on any atom is -0.308 e. The van der Waals surface area contributed by atoms with Crippen LogP contribution in [0.2, 0.25) is 0 Å². The second kappa shape index (κ2) is 3.23. The molecule has 3 nitrogen and oxygen atoms in total. The molecule has 1 atom stereocenters. The molecule has 0 aromatic carbocycles. The van der Waals surface area contributed by atoms with Crippen molar-refractivity contribution in [2.75, 3.05) is 0 Å². The molecule has 1 aromatic heterocycles. The Morgan fingerprint density at radius 2 is 2.46 bits per heavy atom. The summed E-state index contributed by atoms with van der Waals surface area (Å²) in [7, 11) is 0. The molecule has 1 N–H and O–H groups in total. The summed E-state index contributed by atoms with van der Waals surface area (Å²) in [5.41, 5.74) is 0. The SMILES string of the molecule is CC1N=C(c2cc(Br)cs2)NC1=O. The van der Waals surface area contributed by atoms with Crippen LogP contribution in [-0.4, -0.2) is 17.8 Å². The van der Waals surface area contributed by atoms with E-state index >= 15 is 0 Å². The first-order chi connectivity index (χ1) is 6.16. The summed E-state index contributed by atoms with van der Waals surface area (Å²) >= 11 is 4.91. The Kier molecular flexibility index (Phi) is 2.21. The lowest BCUT2D eigenvalue weighted by atomic mass is 10.4. The summed E-state index contributed by atoms with van der Waals surface area (Å²) < 4.78 is 1.02. The molecule has 68 valence electrons. The van der Waals surface area contributed by atoms with E-state index < -0.39 is 0 Å². The number of nitrogens with zero attached hydrogens (tertiary/aromatic N) is 1. The Balaban J connectivity index is 2.29. The highest BCUT2D eigenvalue weighted by Gasteiger charge is 2.23. The molecule has 2 heterocycles. The number of hydrogen-bond acceptors (Lipinski definition) is 3. The Morgan fingerprint density at radius 3 is 2.92 bits per heavy atom. The molecular formula is C8H7BrN2OS. The molecule has 13 heavy (non-hydrogen) atoms. The minimum absolute atomic E-state index is 0.0282. The van der Waals surface area contributed by atoms with E-state index in [2.05, 4.69) is 26.2 Å². The van der Waals surface area contributed by atoms with Gasteiger partial charge < -0.3 is 5.32 Å². The first kappa shape index (κ1) is 8.90. The van der Waals surface area contributed by atoms with Crippen molar-refractivity contribution in [2.45, 2.75) is 13.0 Å². The largest absolute Gasteiger partial charge is 0.308 e. The number of rotatable bonds is 1. The number of thiophene rings is 1. The van der Waals surface area contributed by atoms with Gasteiger partial charge in [-0.1, -0.05) is 0 Å². The molecule has 1 aromatic rings. The Morgan fingerprint density at radius 1 is 1.69 bits per heavy atom. The number of carbonyl (C=O) groups is 1. The molecule has 0 saturated carbocycles. The number of amidine groups is 1. The molecule has 2 rings (SSSR count).